The van der Waals surface area contributed by atoms with Gasteiger partial charge in [0.15, 0.2) is 0 Å². The Labute approximate surface area is 244 Å². The van der Waals surface area contributed by atoms with Gasteiger partial charge in [0.2, 0.25) is 0 Å². The molecule has 0 aliphatic rings. The molecule has 0 fully saturated rings. The standard InChI is InChI=1S/C39H64/c1-20-27(25-22-21-23-26(24-25)34(2,3)4)28-29(35(5,6)7)31(37(11,12)13)33(39(17,18)19)32(38(14,15)16)30(28)36(8,9)10/h21-24,27H,20H2,1-19H3. The number of hydrogen-bond donors (Lipinski definition) is 0. The lowest BCUT2D eigenvalue weighted by Crippen LogP contribution is -2.38. The Kier molecular flexibility index (Phi) is 8.94. The lowest BCUT2D eigenvalue weighted by atomic mass is 9.57. The molecule has 0 amide bonds. The minimum Gasteiger partial charge on any atom is -0.0645 e. The first-order chi connectivity index (χ1) is 17.1. The topological polar surface area (TPSA) is 0 Å². The zero-order valence-electron chi connectivity index (χ0n) is 29.6. The molecule has 0 N–H and O–H groups in total. The predicted molar refractivity (Wildman–Crippen MR) is 177 cm³/mol. The quantitative estimate of drug-likeness (QED) is 0.369. The third-order valence-electron chi connectivity index (χ3n) is 8.20. The van der Waals surface area contributed by atoms with Crippen LogP contribution in [0.25, 0.3) is 0 Å². The molecule has 0 aliphatic carbocycles. The maximum absolute atomic E-state index is 2.51. The maximum atomic E-state index is 2.51. The summed E-state index contributed by atoms with van der Waals surface area (Å²) in [6.45, 7) is 46.1. The molecule has 0 saturated carbocycles. The zero-order chi connectivity index (χ0) is 30.7. The van der Waals surface area contributed by atoms with Crippen molar-refractivity contribution >= 4 is 0 Å². The maximum Gasteiger partial charge on any atom is 0.00929 e. The number of benzene rings is 2. The van der Waals surface area contributed by atoms with E-state index in [4.69, 9.17) is 0 Å². The molecule has 0 spiro atoms. The summed E-state index contributed by atoms with van der Waals surface area (Å²) >= 11 is 0. The average Bonchev–Trinajstić information content (AvgIpc) is 2.68. The molecule has 1 atom stereocenters. The highest BCUT2D eigenvalue weighted by molar-refractivity contribution is 5.64. The zero-order valence-corrected chi connectivity index (χ0v) is 29.6. The summed E-state index contributed by atoms with van der Waals surface area (Å²) < 4.78 is 0. The van der Waals surface area contributed by atoms with E-state index in [1.165, 1.54) is 11.1 Å². The van der Waals surface area contributed by atoms with Gasteiger partial charge < -0.3 is 0 Å². The van der Waals surface area contributed by atoms with Crippen molar-refractivity contribution in [1.29, 1.82) is 0 Å². The highest BCUT2D eigenvalue weighted by Crippen LogP contribution is 2.54. The summed E-state index contributed by atoms with van der Waals surface area (Å²) in [5, 5.41) is 0. The van der Waals surface area contributed by atoms with Gasteiger partial charge in [-0.2, -0.15) is 0 Å². The van der Waals surface area contributed by atoms with E-state index in [9.17, 15) is 0 Å². The molecule has 39 heavy (non-hydrogen) atoms. The van der Waals surface area contributed by atoms with Crippen molar-refractivity contribution in [3.8, 4) is 0 Å². The molecule has 0 heteroatoms. The van der Waals surface area contributed by atoms with Crippen molar-refractivity contribution in [2.24, 2.45) is 0 Å². The van der Waals surface area contributed by atoms with Crippen LogP contribution in [-0.4, -0.2) is 0 Å². The molecule has 0 aromatic heterocycles. The van der Waals surface area contributed by atoms with Gasteiger partial charge in [-0.3, -0.25) is 0 Å². The second-order valence-electron chi connectivity index (χ2n) is 18.4. The van der Waals surface area contributed by atoms with Gasteiger partial charge in [0.1, 0.15) is 0 Å². The van der Waals surface area contributed by atoms with Crippen LogP contribution >= 0.6 is 0 Å². The molecule has 0 heterocycles. The Morgan fingerprint density at radius 2 is 0.795 bits per heavy atom. The van der Waals surface area contributed by atoms with E-state index < -0.39 is 0 Å². The van der Waals surface area contributed by atoms with Crippen molar-refractivity contribution in [3.63, 3.8) is 0 Å². The Hall–Kier alpha value is -1.56. The SMILES string of the molecule is CCC(c1cccc(C(C)(C)C)c1)c1c(C(C)(C)C)c(C(C)(C)C)c(C(C)(C)C)c(C(C)(C)C)c1C(C)(C)C. The smallest absolute Gasteiger partial charge is 0.00929 e. The molecule has 0 aliphatic heterocycles. The van der Waals surface area contributed by atoms with Gasteiger partial charge in [-0.25, -0.2) is 0 Å². The van der Waals surface area contributed by atoms with Crippen LogP contribution in [0.2, 0.25) is 0 Å². The third-order valence-corrected chi connectivity index (χ3v) is 8.20. The Morgan fingerprint density at radius 3 is 1.08 bits per heavy atom. The van der Waals surface area contributed by atoms with Crippen LogP contribution in [0.4, 0.5) is 0 Å². The van der Waals surface area contributed by atoms with Crippen LogP contribution in [0.15, 0.2) is 24.3 Å². The summed E-state index contributed by atoms with van der Waals surface area (Å²) in [4.78, 5) is 0. The van der Waals surface area contributed by atoms with Crippen molar-refractivity contribution < 1.29 is 0 Å². The second kappa shape index (κ2) is 10.4. The Bertz CT molecular complexity index is 1110. The summed E-state index contributed by atoms with van der Waals surface area (Å²) in [6, 6.07) is 9.52. The van der Waals surface area contributed by atoms with E-state index in [1.54, 1.807) is 33.4 Å². The molecule has 0 saturated heterocycles. The van der Waals surface area contributed by atoms with Crippen LogP contribution < -0.4 is 0 Å². The van der Waals surface area contributed by atoms with Crippen LogP contribution in [0, 0.1) is 0 Å². The molecular weight excluding hydrogens is 468 g/mol. The van der Waals surface area contributed by atoms with E-state index in [-0.39, 0.29) is 32.5 Å². The second-order valence-corrected chi connectivity index (χ2v) is 18.4. The lowest BCUT2D eigenvalue weighted by Gasteiger charge is -2.47. The first-order valence-corrected chi connectivity index (χ1v) is 15.5. The van der Waals surface area contributed by atoms with E-state index in [0.717, 1.165) is 6.42 Å². The molecule has 0 nitrogen and oxygen atoms in total. The van der Waals surface area contributed by atoms with Gasteiger partial charge in [-0.15, -0.1) is 0 Å². The molecule has 0 bridgehead atoms. The first kappa shape index (κ1) is 33.6. The van der Waals surface area contributed by atoms with Gasteiger partial charge in [0.25, 0.3) is 0 Å². The van der Waals surface area contributed by atoms with E-state index in [1.807, 2.05) is 0 Å². The van der Waals surface area contributed by atoms with Gasteiger partial charge in [0, 0.05) is 5.92 Å². The lowest BCUT2D eigenvalue weighted by molar-refractivity contribution is 0.450. The van der Waals surface area contributed by atoms with Crippen LogP contribution in [-0.2, 0) is 32.5 Å². The largest absolute Gasteiger partial charge is 0.0645 e. The van der Waals surface area contributed by atoms with Crippen molar-refractivity contribution in [2.75, 3.05) is 0 Å². The van der Waals surface area contributed by atoms with Gasteiger partial charge in [0.05, 0.1) is 0 Å². The van der Waals surface area contributed by atoms with Gasteiger partial charge in [-0.1, -0.05) is 156 Å². The number of hydrogen-bond acceptors (Lipinski definition) is 0. The fourth-order valence-corrected chi connectivity index (χ4v) is 6.75. The van der Waals surface area contributed by atoms with E-state index in [2.05, 4.69) is 156 Å². The monoisotopic (exact) mass is 533 g/mol. The van der Waals surface area contributed by atoms with E-state index >= 15 is 0 Å². The molecule has 220 valence electrons. The fourth-order valence-electron chi connectivity index (χ4n) is 6.75. The van der Waals surface area contributed by atoms with Crippen molar-refractivity contribution in [1.82, 2.24) is 0 Å². The van der Waals surface area contributed by atoms with Crippen LogP contribution in [0.3, 0.4) is 0 Å². The summed E-state index contributed by atoms with van der Waals surface area (Å²) in [7, 11) is 0. The Morgan fingerprint density at radius 1 is 0.462 bits per heavy atom. The summed E-state index contributed by atoms with van der Waals surface area (Å²) in [5.41, 5.74) is 12.6. The highest BCUT2D eigenvalue weighted by atomic mass is 14.5. The van der Waals surface area contributed by atoms with E-state index in [0.29, 0.717) is 5.92 Å². The minimum atomic E-state index is 0.00339. The van der Waals surface area contributed by atoms with Gasteiger partial charge >= 0.3 is 0 Å². The Balaban J connectivity index is 3.48. The summed E-state index contributed by atoms with van der Waals surface area (Å²) in [6.07, 6.45) is 1.09. The van der Waals surface area contributed by atoms with Gasteiger partial charge in [-0.05, 0) is 83.4 Å². The van der Waals surface area contributed by atoms with Crippen molar-refractivity contribution in [3.05, 3.63) is 68.8 Å². The first-order valence-electron chi connectivity index (χ1n) is 15.5. The average molecular weight is 533 g/mol. The van der Waals surface area contributed by atoms with Crippen LogP contribution in [0.5, 0.6) is 0 Å². The van der Waals surface area contributed by atoms with Crippen molar-refractivity contribution in [2.45, 2.75) is 176 Å². The molecule has 2 rings (SSSR count). The molecule has 2 aromatic rings. The molecule has 1 unspecified atom stereocenters. The minimum absolute atomic E-state index is 0.00339. The predicted octanol–water partition coefficient (Wildman–Crippen LogP) is 12.0. The fraction of sp³-hybridized carbons (Fsp3) is 0.692. The number of rotatable bonds is 3. The third kappa shape index (κ3) is 7.02. The molecule has 0 radical (unpaired) electrons. The molecular formula is C39H64. The summed E-state index contributed by atoms with van der Waals surface area (Å²) in [5.74, 6) is 0.340. The molecule has 2 aromatic carbocycles. The van der Waals surface area contributed by atoms with Crippen LogP contribution in [0.1, 0.15) is 188 Å². The highest BCUT2D eigenvalue weighted by Gasteiger charge is 2.43. The normalized spacial score (nSPS) is 15.1.